The Morgan fingerprint density at radius 2 is 1.80 bits per heavy atom. The molecule has 1 rings (SSSR count). The zero-order valence-corrected chi connectivity index (χ0v) is 15.0. The Bertz CT molecular complexity index is 540. The molecule has 7 nitrogen and oxygen atoms in total. The molecule has 0 aromatic heterocycles. The minimum absolute atomic E-state index is 0.0159. The summed E-state index contributed by atoms with van der Waals surface area (Å²) in [4.78, 5) is 28.9. The molecule has 7 heteroatoms. The number of aliphatic hydroxyl groups excluding tert-OH is 1. The van der Waals surface area contributed by atoms with Crippen LogP contribution in [0.3, 0.4) is 0 Å². The van der Waals surface area contributed by atoms with Crippen molar-refractivity contribution in [1.29, 1.82) is 0 Å². The summed E-state index contributed by atoms with van der Waals surface area (Å²) in [5.41, 5.74) is 0.0601. The van der Waals surface area contributed by atoms with Crippen LogP contribution in [0, 0.1) is 0 Å². The third-order valence-electron chi connectivity index (χ3n) is 3.28. The van der Waals surface area contributed by atoms with Crippen LogP contribution in [0.5, 0.6) is 0 Å². The van der Waals surface area contributed by atoms with Gasteiger partial charge in [-0.25, -0.2) is 4.79 Å². The number of carbonyl (C=O) groups is 2. The van der Waals surface area contributed by atoms with Gasteiger partial charge in [-0.1, -0.05) is 30.3 Å². The number of rotatable bonds is 9. The van der Waals surface area contributed by atoms with E-state index in [9.17, 15) is 14.7 Å². The Kier molecular flexibility index (Phi) is 8.37. The number of carboxylic acid groups (broad SMARTS) is 1. The third-order valence-corrected chi connectivity index (χ3v) is 3.28. The summed E-state index contributed by atoms with van der Waals surface area (Å²) < 4.78 is 5.13. The van der Waals surface area contributed by atoms with Crippen molar-refractivity contribution in [2.45, 2.75) is 58.2 Å². The predicted octanol–water partition coefficient (Wildman–Crippen LogP) is 2.97. The zero-order valence-electron chi connectivity index (χ0n) is 15.0. The minimum Gasteiger partial charge on any atom is -0.480 e. The van der Waals surface area contributed by atoms with Crippen molar-refractivity contribution in [3.63, 3.8) is 0 Å². The summed E-state index contributed by atoms with van der Waals surface area (Å²) in [7, 11) is 0. The van der Waals surface area contributed by atoms with Crippen molar-refractivity contribution >= 4 is 12.1 Å². The van der Waals surface area contributed by atoms with E-state index in [1.165, 1.54) is 0 Å². The normalized spacial score (nSPS) is 12.7. The second kappa shape index (κ2) is 10.0. The Balaban J connectivity index is 2.90. The highest BCUT2D eigenvalue weighted by atomic mass is 16.8. The molecule has 0 aliphatic heterocycles. The summed E-state index contributed by atoms with van der Waals surface area (Å²) in [6, 6.07) is 8.10. The number of nitrogens with zero attached hydrogens (tertiary/aromatic N) is 1. The highest BCUT2D eigenvalue weighted by Gasteiger charge is 2.30. The van der Waals surface area contributed by atoms with E-state index in [-0.39, 0.29) is 19.6 Å². The van der Waals surface area contributed by atoms with Gasteiger partial charge in [0, 0.05) is 6.61 Å². The number of hydrogen-bond donors (Lipinski definition) is 2. The van der Waals surface area contributed by atoms with E-state index in [2.05, 4.69) is 0 Å². The largest absolute Gasteiger partial charge is 0.528 e. The van der Waals surface area contributed by atoms with Crippen molar-refractivity contribution < 1.29 is 29.4 Å². The molecular formula is C18H27NO6. The summed E-state index contributed by atoms with van der Waals surface area (Å²) in [5.74, 6) is -1.10. The second-order valence-electron chi connectivity index (χ2n) is 6.69. The monoisotopic (exact) mass is 353 g/mol. The molecule has 0 fully saturated rings. The summed E-state index contributed by atoms with van der Waals surface area (Å²) >= 11 is 0. The van der Waals surface area contributed by atoms with E-state index in [4.69, 9.17) is 14.7 Å². The van der Waals surface area contributed by atoms with Gasteiger partial charge in [-0.3, -0.25) is 4.79 Å². The molecule has 0 heterocycles. The van der Waals surface area contributed by atoms with Gasteiger partial charge in [-0.15, -0.1) is 5.06 Å². The van der Waals surface area contributed by atoms with Gasteiger partial charge in [0.25, 0.3) is 0 Å². The summed E-state index contributed by atoms with van der Waals surface area (Å²) in [5, 5.41) is 19.6. The van der Waals surface area contributed by atoms with Crippen LogP contribution in [-0.2, 0) is 20.9 Å². The summed E-state index contributed by atoms with van der Waals surface area (Å²) in [6.07, 6.45) is 0.272. The molecule has 0 radical (unpaired) electrons. The molecule has 1 aromatic rings. The van der Waals surface area contributed by atoms with E-state index < -0.39 is 23.8 Å². The fourth-order valence-electron chi connectivity index (χ4n) is 2.17. The van der Waals surface area contributed by atoms with Crippen LogP contribution in [0.1, 0.15) is 45.6 Å². The molecule has 0 aliphatic rings. The quantitative estimate of drug-likeness (QED) is 0.400. The fraction of sp³-hybridized carbons (Fsp3) is 0.556. The van der Waals surface area contributed by atoms with Crippen molar-refractivity contribution in [1.82, 2.24) is 5.06 Å². The van der Waals surface area contributed by atoms with Crippen LogP contribution in [0.4, 0.5) is 4.79 Å². The van der Waals surface area contributed by atoms with Crippen LogP contribution < -0.4 is 0 Å². The smallest absolute Gasteiger partial charge is 0.480 e. The average molecular weight is 353 g/mol. The van der Waals surface area contributed by atoms with E-state index >= 15 is 0 Å². The van der Waals surface area contributed by atoms with Crippen molar-refractivity contribution in [2.24, 2.45) is 0 Å². The molecule has 0 saturated carbocycles. The maximum Gasteiger partial charge on any atom is 0.528 e. The molecule has 0 amide bonds. The van der Waals surface area contributed by atoms with Crippen LogP contribution >= 0.6 is 0 Å². The van der Waals surface area contributed by atoms with Gasteiger partial charge in [-0.2, -0.15) is 0 Å². The van der Waals surface area contributed by atoms with Gasteiger partial charge < -0.3 is 19.8 Å². The molecule has 2 N–H and O–H groups in total. The molecule has 0 spiro atoms. The molecule has 25 heavy (non-hydrogen) atoms. The van der Waals surface area contributed by atoms with Crippen LogP contribution in [0.15, 0.2) is 30.3 Å². The van der Waals surface area contributed by atoms with Crippen LogP contribution in [0.25, 0.3) is 0 Å². The molecule has 1 atom stereocenters. The van der Waals surface area contributed by atoms with E-state index in [0.717, 1.165) is 10.6 Å². The maximum absolute atomic E-state index is 12.0. The number of hydroxylamine groups is 2. The number of benzene rings is 1. The van der Waals surface area contributed by atoms with Gasteiger partial charge in [0.2, 0.25) is 0 Å². The molecule has 140 valence electrons. The molecule has 0 unspecified atom stereocenters. The van der Waals surface area contributed by atoms with Crippen molar-refractivity contribution in [2.75, 3.05) is 6.61 Å². The zero-order chi connectivity index (χ0) is 18.9. The molecular weight excluding hydrogens is 326 g/mol. The SMILES string of the molecule is CC(C)(C)OC(=O)ON(Cc1ccccc1)[C@@H](CCCCO)C(=O)O. The Hall–Kier alpha value is -2.12. The van der Waals surface area contributed by atoms with Crippen LogP contribution in [-0.4, -0.2) is 45.7 Å². The van der Waals surface area contributed by atoms with Gasteiger partial charge in [0.05, 0.1) is 6.54 Å². The lowest BCUT2D eigenvalue weighted by molar-refractivity contribution is -0.189. The number of aliphatic carboxylic acids is 1. The first kappa shape index (κ1) is 20.9. The number of unbranched alkanes of at least 4 members (excludes halogenated alkanes) is 1. The highest BCUT2D eigenvalue weighted by Crippen LogP contribution is 2.17. The van der Waals surface area contributed by atoms with E-state index in [1.54, 1.807) is 20.8 Å². The number of carboxylic acids is 1. The fourth-order valence-corrected chi connectivity index (χ4v) is 2.17. The Morgan fingerprint density at radius 3 is 2.32 bits per heavy atom. The molecule has 0 saturated heterocycles. The van der Waals surface area contributed by atoms with Crippen molar-refractivity contribution in [3.05, 3.63) is 35.9 Å². The average Bonchev–Trinajstić information content (AvgIpc) is 2.50. The lowest BCUT2D eigenvalue weighted by Gasteiger charge is -2.28. The first-order valence-electron chi connectivity index (χ1n) is 8.28. The molecule has 0 bridgehead atoms. The van der Waals surface area contributed by atoms with Gasteiger partial charge in [0.15, 0.2) is 0 Å². The predicted molar refractivity (Wildman–Crippen MR) is 91.7 cm³/mol. The summed E-state index contributed by atoms with van der Waals surface area (Å²) in [6.45, 7) is 5.21. The Morgan fingerprint density at radius 1 is 1.16 bits per heavy atom. The van der Waals surface area contributed by atoms with Gasteiger partial charge in [-0.05, 0) is 45.6 Å². The van der Waals surface area contributed by atoms with E-state index in [0.29, 0.717) is 12.8 Å². The lowest BCUT2D eigenvalue weighted by atomic mass is 10.1. The minimum atomic E-state index is -1.10. The first-order valence-corrected chi connectivity index (χ1v) is 8.28. The standard InChI is InChI=1S/C18H27NO6/c1-18(2,3)24-17(23)25-19(13-14-9-5-4-6-10-14)15(16(21)22)11-7-8-12-20/h4-6,9-10,15,20H,7-8,11-13H2,1-3H3,(H,21,22)/t15-/m0/s1. The van der Waals surface area contributed by atoms with Crippen LogP contribution in [0.2, 0.25) is 0 Å². The number of aliphatic hydroxyl groups is 1. The van der Waals surface area contributed by atoms with Gasteiger partial charge in [0.1, 0.15) is 11.6 Å². The van der Waals surface area contributed by atoms with Crippen molar-refractivity contribution in [3.8, 4) is 0 Å². The number of carbonyl (C=O) groups excluding carboxylic acids is 1. The lowest BCUT2D eigenvalue weighted by Crippen LogP contribution is -2.43. The van der Waals surface area contributed by atoms with Gasteiger partial charge >= 0.3 is 12.1 Å². The molecule has 1 aromatic carbocycles. The Labute approximate surface area is 148 Å². The maximum atomic E-state index is 12.0. The van der Waals surface area contributed by atoms with E-state index in [1.807, 2.05) is 30.3 Å². The first-order chi connectivity index (χ1) is 11.7. The topological polar surface area (TPSA) is 96.3 Å². The molecule has 0 aliphatic carbocycles. The third kappa shape index (κ3) is 8.51. The second-order valence-corrected chi connectivity index (χ2v) is 6.69. The number of hydrogen-bond acceptors (Lipinski definition) is 6. The highest BCUT2D eigenvalue weighted by molar-refractivity contribution is 5.73. The number of ether oxygens (including phenoxy) is 1.